The van der Waals surface area contributed by atoms with Crippen molar-refractivity contribution >= 4 is 16.5 Å². The first-order chi connectivity index (χ1) is 10.2. The van der Waals surface area contributed by atoms with Gasteiger partial charge in [0, 0.05) is 6.07 Å². The molecule has 6 nitrogen and oxygen atoms in total. The lowest BCUT2D eigenvalue weighted by molar-refractivity contribution is -0.383. The number of aromatic nitrogens is 2. The third-order valence-electron chi connectivity index (χ3n) is 3.25. The molecule has 0 saturated heterocycles. The second-order valence-corrected chi connectivity index (χ2v) is 4.59. The number of non-ortho nitro benzene ring substituents is 1. The van der Waals surface area contributed by atoms with Crippen LogP contribution in [0.3, 0.4) is 0 Å². The summed E-state index contributed by atoms with van der Waals surface area (Å²) in [7, 11) is 0. The molecule has 0 aliphatic carbocycles. The van der Waals surface area contributed by atoms with Crippen LogP contribution in [0.2, 0.25) is 0 Å². The van der Waals surface area contributed by atoms with Crippen LogP contribution >= 0.6 is 0 Å². The molecule has 0 spiro atoms. The molecule has 0 bridgehead atoms. The number of nitro groups is 1. The van der Waals surface area contributed by atoms with Gasteiger partial charge in [0.15, 0.2) is 0 Å². The maximum atomic E-state index is 12.4. The molecule has 0 N–H and O–H groups in total. The van der Waals surface area contributed by atoms with Crippen LogP contribution in [0.15, 0.2) is 59.5 Å². The average Bonchev–Trinajstić information content (AvgIpc) is 2.50. The zero-order valence-electron chi connectivity index (χ0n) is 11.0. The Hall–Kier alpha value is -3.02. The summed E-state index contributed by atoms with van der Waals surface area (Å²) in [4.78, 5) is 22.8. The van der Waals surface area contributed by atoms with Gasteiger partial charge in [0.25, 0.3) is 11.2 Å². The minimum Gasteiger partial charge on any atom is -0.267 e. The van der Waals surface area contributed by atoms with E-state index in [1.807, 2.05) is 30.3 Å². The van der Waals surface area contributed by atoms with Crippen molar-refractivity contribution in [1.29, 1.82) is 0 Å². The molecule has 104 valence electrons. The number of nitrogens with zero attached hydrogens (tertiary/aromatic N) is 3. The van der Waals surface area contributed by atoms with E-state index in [0.717, 1.165) is 5.56 Å². The van der Waals surface area contributed by atoms with E-state index in [4.69, 9.17) is 0 Å². The van der Waals surface area contributed by atoms with Crippen molar-refractivity contribution in [2.45, 2.75) is 6.54 Å². The van der Waals surface area contributed by atoms with Crippen LogP contribution in [0.25, 0.3) is 10.8 Å². The molecule has 3 aromatic rings. The Morgan fingerprint density at radius 2 is 1.81 bits per heavy atom. The Bertz CT molecular complexity index is 872. The van der Waals surface area contributed by atoms with Crippen molar-refractivity contribution in [3.8, 4) is 0 Å². The summed E-state index contributed by atoms with van der Waals surface area (Å²) in [6.45, 7) is 0.332. The van der Waals surface area contributed by atoms with E-state index in [9.17, 15) is 14.9 Å². The lowest BCUT2D eigenvalue weighted by Crippen LogP contribution is -2.23. The number of hydrogen-bond donors (Lipinski definition) is 0. The minimum atomic E-state index is -0.509. The molecule has 3 rings (SSSR count). The minimum absolute atomic E-state index is 0.107. The summed E-state index contributed by atoms with van der Waals surface area (Å²) < 4.78 is 1.31. The highest BCUT2D eigenvalue weighted by Gasteiger charge is 2.14. The molecular formula is C15H11N3O3. The van der Waals surface area contributed by atoms with Gasteiger partial charge in [-0.25, -0.2) is 4.68 Å². The normalized spacial score (nSPS) is 10.7. The topological polar surface area (TPSA) is 78.0 Å². The van der Waals surface area contributed by atoms with Crippen molar-refractivity contribution in [3.63, 3.8) is 0 Å². The molecule has 0 amide bonds. The van der Waals surface area contributed by atoms with Gasteiger partial charge < -0.3 is 0 Å². The molecule has 1 aromatic heterocycles. The van der Waals surface area contributed by atoms with E-state index in [2.05, 4.69) is 5.10 Å². The molecule has 0 unspecified atom stereocenters. The SMILES string of the molecule is O=c1c2cccc([N+](=O)[O-])c2cnn1Cc1ccccc1. The Morgan fingerprint density at radius 1 is 1.05 bits per heavy atom. The number of rotatable bonds is 3. The van der Waals surface area contributed by atoms with Crippen molar-refractivity contribution in [3.05, 3.63) is 80.8 Å². The molecular weight excluding hydrogens is 270 g/mol. The van der Waals surface area contributed by atoms with Gasteiger partial charge in [0.05, 0.1) is 28.4 Å². The molecule has 1 heterocycles. The highest BCUT2D eigenvalue weighted by Crippen LogP contribution is 2.21. The summed E-state index contributed by atoms with van der Waals surface area (Å²) in [6, 6.07) is 13.9. The van der Waals surface area contributed by atoms with Gasteiger partial charge in [-0.15, -0.1) is 0 Å². The monoisotopic (exact) mass is 281 g/mol. The predicted octanol–water partition coefficient (Wildman–Crippen LogP) is 2.35. The lowest BCUT2D eigenvalue weighted by Gasteiger charge is -2.06. The first-order valence-electron chi connectivity index (χ1n) is 6.34. The van der Waals surface area contributed by atoms with Gasteiger partial charge in [-0.1, -0.05) is 36.4 Å². The van der Waals surface area contributed by atoms with Crippen LogP contribution < -0.4 is 5.56 Å². The first-order valence-corrected chi connectivity index (χ1v) is 6.34. The van der Waals surface area contributed by atoms with Crippen molar-refractivity contribution in [2.24, 2.45) is 0 Å². The fourth-order valence-electron chi connectivity index (χ4n) is 2.22. The van der Waals surface area contributed by atoms with E-state index >= 15 is 0 Å². The highest BCUT2D eigenvalue weighted by molar-refractivity contribution is 5.89. The molecule has 0 aliphatic heterocycles. The van der Waals surface area contributed by atoms with Crippen molar-refractivity contribution < 1.29 is 4.92 Å². The van der Waals surface area contributed by atoms with Gasteiger partial charge >= 0.3 is 0 Å². The number of nitro benzene ring substituents is 1. The van der Waals surface area contributed by atoms with Crippen LogP contribution in [0, 0.1) is 10.1 Å². The van der Waals surface area contributed by atoms with Gasteiger partial charge in [-0.2, -0.15) is 5.10 Å². The summed E-state index contributed by atoms with van der Waals surface area (Å²) in [5, 5.41) is 15.6. The second-order valence-electron chi connectivity index (χ2n) is 4.59. The van der Waals surface area contributed by atoms with Crippen LogP contribution in [0.5, 0.6) is 0 Å². The maximum Gasteiger partial charge on any atom is 0.279 e. The van der Waals surface area contributed by atoms with Gasteiger partial charge in [0.1, 0.15) is 0 Å². The Kier molecular flexibility index (Phi) is 3.19. The summed E-state index contributed by atoms with van der Waals surface area (Å²) in [5.41, 5.74) is 0.501. The van der Waals surface area contributed by atoms with E-state index in [-0.39, 0.29) is 16.6 Å². The van der Waals surface area contributed by atoms with E-state index in [1.165, 1.54) is 23.0 Å². The predicted molar refractivity (Wildman–Crippen MR) is 78.2 cm³/mol. The van der Waals surface area contributed by atoms with Crippen LogP contribution in [0.1, 0.15) is 5.56 Å². The molecule has 0 saturated carbocycles. The molecule has 21 heavy (non-hydrogen) atoms. The van der Waals surface area contributed by atoms with E-state index in [1.54, 1.807) is 6.07 Å². The average molecular weight is 281 g/mol. The third-order valence-corrected chi connectivity index (χ3v) is 3.25. The fraction of sp³-hybridized carbons (Fsp3) is 0.0667. The molecule has 2 aromatic carbocycles. The fourth-order valence-corrected chi connectivity index (χ4v) is 2.22. The molecule has 0 fully saturated rings. The summed E-state index contributed by atoms with van der Waals surface area (Å²) in [5.74, 6) is 0. The quantitative estimate of drug-likeness (QED) is 0.545. The van der Waals surface area contributed by atoms with Gasteiger partial charge in [-0.3, -0.25) is 14.9 Å². The lowest BCUT2D eigenvalue weighted by atomic mass is 10.1. The van der Waals surface area contributed by atoms with Crippen LogP contribution in [-0.4, -0.2) is 14.7 Å². The summed E-state index contributed by atoms with van der Waals surface area (Å²) >= 11 is 0. The Labute approximate surface area is 119 Å². The molecule has 6 heteroatoms. The second kappa shape index (κ2) is 5.16. The number of benzene rings is 2. The van der Waals surface area contributed by atoms with Gasteiger partial charge in [-0.05, 0) is 11.6 Å². The number of fused-ring (bicyclic) bond motifs is 1. The number of hydrogen-bond acceptors (Lipinski definition) is 4. The molecule has 0 radical (unpaired) electrons. The highest BCUT2D eigenvalue weighted by atomic mass is 16.6. The largest absolute Gasteiger partial charge is 0.279 e. The first kappa shape index (κ1) is 13.0. The zero-order valence-corrected chi connectivity index (χ0v) is 11.0. The smallest absolute Gasteiger partial charge is 0.267 e. The van der Waals surface area contributed by atoms with Gasteiger partial charge in [0.2, 0.25) is 0 Å². The Morgan fingerprint density at radius 3 is 2.52 bits per heavy atom. The molecule has 0 aliphatic rings. The van der Waals surface area contributed by atoms with Crippen LogP contribution in [-0.2, 0) is 6.54 Å². The standard InChI is InChI=1S/C15H11N3O3/c19-15-12-7-4-8-14(18(20)21)13(12)9-16-17(15)10-11-5-2-1-3-6-11/h1-9H,10H2. The molecule has 0 atom stereocenters. The maximum absolute atomic E-state index is 12.4. The van der Waals surface area contributed by atoms with Crippen molar-refractivity contribution in [2.75, 3.05) is 0 Å². The zero-order chi connectivity index (χ0) is 14.8. The van der Waals surface area contributed by atoms with E-state index in [0.29, 0.717) is 11.9 Å². The van der Waals surface area contributed by atoms with Crippen LogP contribution in [0.4, 0.5) is 5.69 Å². The van der Waals surface area contributed by atoms with E-state index < -0.39 is 4.92 Å². The third kappa shape index (κ3) is 2.38. The summed E-state index contributed by atoms with van der Waals surface area (Å²) in [6.07, 6.45) is 1.37. The van der Waals surface area contributed by atoms with Crippen molar-refractivity contribution in [1.82, 2.24) is 9.78 Å². The Balaban J connectivity index is 2.13.